The van der Waals surface area contributed by atoms with Gasteiger partial charge in [0.2, 0.25) is 17.7 Å². The number of para-hydroxylation sites is 1. The van der Waals surface area contributed by atoms with Gasteiger partial charge in [0, 0.05) is 16.5 Å². The van der Waals surface area contributed by atoms with Crippen LogP contribution in [0.15, 0.2) is 88.7 Å². The summed E-state index contributed by atoms with van der Waals surface area (Å²) in [5.41, 5.74) is 2.04. The van der Waals surface area contributed by atoms with Gasteiger partial charge < -0.3 is 14.8 Å². The molecule has 1 N–H and O–H groups in total. The van der Waals surface area contributed by atoms with Gasteiger partial charge in [-0.05, 0) is 61.0 Å². The van der Waals surface area contributed by atoms with E-state index in [1.54, 1.807) is 74.7 Å². The first kappa shape index (κ1) is 29.4. The van der Waals surface area contributed by atoms with Gasteiger partial charge in [0.05, 0.1) is 35.9 Å². The van der Waals surface area contributed by atoms with Crippen LogP contribution in [0.5, 0.6) is 5.75 Å². The maximum atomic E-state index is 13.9. The number of hydrogen-bond acceptors (Lipinski definition) is 9. The Morgan fingerprint density at radius 2 is 1.61 bits per heavy atom. The van der Waals surface area contributed by atoms with Crippen molar-refractivity contribution in [2.75, 3.05) is 23.9 Å². The molecule has 1 fully saturated rings. The number of anilines is 2. The zero-order chi connectivity index (χ0) is 31.0. The molecule has 0 spiro atoms. The molecule has 10 nitrogen and oxygen atoms in total. The Labute approximate surface area is 260 Å². The fraction of sp³-hybridized carbons (Fsp3) is 0.219. The molecular formula is C32H27N3O7S2. The summed E-state index contributed by atoms with van der Waals surface area (Å²) in [5, 5.41) is 2.46. The summed E-state index contributed by atoms with van der Waals surface area (Å²) >= 11 is 2.13. The minimum atomic E-state index is -0.791. The van der Waals surface area contributed by atoms with Crippen LogP contribution in [0.1, 0.15) is 33.6 Å². The first-order valence-electron chi connectivity index (χ1n) is 13.8. The number of rotatable bonds is 8. The van der Waals surface area contributed by atoms with Crippen LogP contribution < -0.4 is 19.8 Å². The summed E-state index contributed by atoms with van der Waals surface area (Å²) < 4.78 is 11.7. The smallest absolute Gasteiger partial charge is 0.338 e. The van der Waals surface area contributed by atoms with E-state index in [9.17, 15) is 24.0 Å². The molecule has 3 atom stereocenters. The van der Waals surface area contributed by atoms with E-state index in [1.807, 2.05) is 18.2 Å². The number of methoxy groups -OCH3 is 1. The maximum Gasteiger partial charge on any atom is 0.338 e. The number of imide groups is 1. The molecule has 6 rings (SSSR count). The van der Waals surface area contributed by atoms with Gasteiger partial charge in [0.1, 0.15) is 17.5 Å². The van der Waals surface area contributed by atoms with E-state index in [1.165, 1.54) is 9.47 Å². The van der Waals surface area contributed by atoms with Gasteiger partial charge in [-0.3, -0.25) is 23.7 Å². The second-order valence-corrected chi connectivity index (χ2v) is 12.3. The van der Waals surface area contributed by atoms with E-state index in [2.05, 4.69) is 5.32 Å². The highest BCUT2D eigenvalue weighted by Gasteiger charge is 2.56. The number of aromatic nitrogens is 1. The Morgan fingerprint density at radius 3 is 2.27 bits per heavy atom. The zero-order valence-corrected chi connectivity index (χ0v) is 25.4. The van der Waals surface area contributed by atoms with Crippen molar-refractivity contribution < 1.29 is 28.7 Å². The lowest BCUT2D eigenvalue weighted by Crippen LogP contribution is -2.33. The van der Waals surface area contributed by atoms with Crippen molar-refractivity contribution in [2.45, 2.75) is 29.7 Å². The molecule has 2 aliphatic heterocycles. The fourth-order valence-electron chi connectivity index (χ4n) is 5.51. The van der Waals surface area contributed by atoms with Gasteiger partial charge in [-0.15, -0.1) is 0 Å². The number of carbonyl (C=O) groups is 4. The minimum absolute atomic E-state index is 0.250. The Balaban J connectivity index is 1.33. The minimum Gasteiger partial charge on any atom is -0.497 e. The number of hydrogen-bond donors (Lipinski definition) is 1. The third kappa shape index (κ3) is 5.31. The van der Waals surface area contributed by atoms with Gasteiger partial charge in [-0.1, -0.05) is 53.4 Å². The highest BCUT2D eigenvalue weighted by Crippen LogP contribution is 2.54. The van der Waals surface area contributed by atoms with Crippen LogP contribution in [0, 0.1) is 5.92 Å². The van der Waals surface area contributed by atoms with E-state index < -0.39 is 29.0 Å². The molecule has 1 aromatic heterocycles. The molecule has 0 bridgehead atoms. The summed E-state index contributed by atoms with van der Waals surface area (Å²) in [5.74, 6) is -2.31. The number of benzene rings is 3. The normalized spacial score (nSPS) is 18.9. The number of amides is 3. The molecular weight excluding hydrogens is 603 g/mol. The van der Waals surface area contributed by atoms with Crippen LogP contribution in [0.4, 0.5) is 11.4 Å². The SMILES string of the molecule is CCOC(=O)c1ccc(NC(=O)Cn2c3c(sc2=O)[C@@H](c2ccc(OC)cc2)[C@@H]2C(=O)N(c4ccccc4)C(=O)[C@@H]2S3)cc1. The predicted octanol–water partition coefficient (Wildman–Crippen LogP) is 4.53. The number of fused-ring (bicyclic) bond motifs is 2. The standard InChI is InChI=1S/C32H27N3O7S2/c1-3-42-31(39)19-9-13-20(14-10-19)33-23(36)17-34-30-27(44-32(34)40)24(18-11-15-22(41-2)16-12-18)25-26(43-30)29(38)35(28(25)37)21-7-5-4-6-8-21/h4-16,24-26H,3,17H2,1-2H3,(H,33,36)/t24-,25-,26+/m0/s1. The molecule has 224 valence electrons. The van der Waals surface area contributed by atoms with Crippen molar-refractivity contribution in [2.24, 2.45) is 5.92 Å². The quantitative estimate of drug-likeness (QED) is 0.223. The molecule has 0 aliphatic carbocycles. The summed E-state index contributed by atoms with van der Waals surface area (Å²) in [7, 11) is 1.56. The number of thioether (sulfide) groups is 1. The number of thiazole rings is 1. The van der Waals surface area contributed by atoms with Crippen LogP contribution in [0.25, 0.3) is 0 Å². The second-order valence-electron chi connectivity index (χ2n) is 10.1. The lowest BCUT2D eigenvalue weighted by atomic mass is 9.83. The first-order valence-corrected chi connectivity index (χ1v) is 15.5. The van der Waals surface area contributed by atoms with E-state index in [4.69, 9.17) is 9.47 Å². The number of ether oxygens (including phenoxy) is 2. The van der Waals surface area contributed by atoms with E-state index in [0.717, 1.165) is 28.7 Å². The molecule has 3 heterocycles. The summed E-state index contributed by atoms with van der Waals surface area (Å²) in [6.07, 6.45) is 0. The van der Waals surface area contributed by atoms with Crippen molar-refractivity contribution in [3.63, 3.8) is 0 Å². The van der Waals surface area contributed by atoms with Crippen LogP contribution in [0.3, 0.4) is 0 Å². The molecule has 0 radical (unpaired) electrons. The Kier molecular flexibility index (Phi) is 8.11. The molecule has 0 saturated carbocycles. The lowest BCUT2D eigenvalue weighted by Gasteiger charge is -2.30. The summed E-state index contributed by atoms with van der Waals surface area (Å²) in [4.78, 5) is 67.7. The summed E-state index contributed by atoms with van der Waals surface area (Å²) in [6, 6.07) is 22.3. The number of carbonyl (C=O) groups excluding carboxylic acids is 4. The van der Waals surface area contributed by atoms with Crippen molar-refractivity contribution in [3.05, 3.63) is 105 Å². The number of nitrogens with zero attached hydrogens (tertiary/aromatic N) is 2. The van der Waals surface area contributed by atoms with Gasteiger partial charge in [0.25, 0.3) is 0 Å². The predicted molar refractivity (Wildman–Crippen MR) is 167 cm³/mol. The van der Waals surface area contributed by atoms with Crippen LogP contribution >= 0.6 is 23.1 Å². The van der Waals surface area contributed by atoms with Crippen molar-refractivity contribution in [1.29, 1.82) is 0 Å². The Morgan fingerprint density at radius 1 is 0.909 bits per heavy atom. The molecule has 3 amide bonds. The largest absolute Gasteiger partial charge is 0.497 e. The molecule has 44 heavy (non-hydrogen) atoms. The fourth-order valence-corrected chi connectivity index (χ4v) is 8.28. The van der Waals surface area contributed by atoms with E-state index >= 15 is 0 Å². The Bertz CT molecular complexity index is 1800. The zero-order valence-electron chi connectivity index (χ0n) is 23.7. The van der Waals surface area contributed by atoms with Gasteiger partial charge in [-0.25, -0.2) is 9.69 Å². The molecule has 0 unspecified atom stereocenters. The van der Waals surface area contributed by atoms with Crippen LogP contribution in [-0.2, 0) is 25.7 Å². The highest BCUT2D eigenvalue weighted by molar-refractivity contribution is 8.00. The van der Waals surface area contributed by atoms with Gasteiger partial charge >= 0.3 is 10.8 Å². The maximum absolute atomic E-state index is 13.9. The highest BCUT2D eigenvalue weighted by atomic mass is 32.2. The first-order chi connectivity index (χ1) is 21.3. The van der Waals surface area contributed by atoms with E-state index in [0.29, 0.717) is 32.6 Å². The topological polar surface area (TPSA) is 124 Å². The molecule has 4 aromatic rings. The van der Waals surface area contributed by atoms with Crippen LogP contribution in [0.2, 0.25) is 0 Å². The average molecular weight is 630 g/mol. The van der Waals surface area contributed by atoms with Gasteiger partial charge in [-0.2, -0.15) is 0 Å². The third-order valence-electron chi connectivity index (χ3n) is 7.52. The van der Waals surface area contributed by atoms with E-state index in [-0.39, 0.29) is 29.8 Å². The lowest BCUT2D eigenvalue weighted by molar-refractivity contribution is -0.122. The monoisotopic (exact) mass is 629 g/mol. The Hall–Kier alpha value is -4.68. The molecule has 12 heteroatoms. The van der Waals surface area contributed by atoms with Crippen LogP contribution in [-0.4, -0.2) is 47.2 Å². The van der Waals surface area contributed by atoms with Gasteiger partial charge in [0.15, 0.2) is 0 Å². The number of esters is 1. The third-order valence-corrected chi connectivity index (χ3v) is 10.1. The molecule has 2 aliphatic rings. The number of nitrogens with one attached hydrogen (secondary N) is 1. The molecule has 1 saturated heterocycles. The van der Waals surface area contributed by atoms with Crippen molar-refractivity contribution >= 4 is 58.2 Å². The summed E-state index contributed by atoms with van der Waals surface area (Å²) in [6.45, 7) is 1.67. The molecule has 3 aromatic carbocycles. The van der Waals surface area contributed by atoms with Crippen molar-refractivity contribution in [1.82, 2.24) is 4.57 Å². The average Bonchev–Trinajstić information content (AvgIpc) is 3.48. The second kappa shape index (κ2) is 12.1. The van der Waals surface area contributed by atoms with Crippen molar-refractivity contribution in [3.8, 4) is 5.75 Å².